The lowest BCUT2D eigenvalue weighted by Crippen LogP contribution is -2.40. The van der Waals surface area contributed by atoms with Crippen LogP contribution in [0.3, 0.4) is 0 Å². The van der Waals surface area contributed by atoms with E-state index in [1.165, 1.54) is 39.9 Å². The number of amides is 1. The highest BCUT2D eigenvalue weighted by molar-refractivity contribution is 7.89. The van der Waals surface area contributed by atoms with Crippen molar-refractivity contribution in [3.05, 3.63) is 76.3 Å². The second kappa shape index (κ2) is 10.1. The van der Waals surface area contributed by atoms with Crippen molar-refractivity contribution in [2.24, 2.45) is 0 Å². The smallest absolute Gasteiger partial charge is 0.256 e. The molecule has 0 bridgehead atoms. The molecule has 1 amide bonds. The summed E-state index contributed by atoms with van der Waals surface area (Å²) in [4.78, 5) is 17.8. The standard InChI is InChI=1S/C24H22ClN5O4S2/c1-16-14-22(30(28-16)24-26-21(15-35-24)17-2-6-19(25)7-3-17)27-23(31)18-4-8-20(9-5-18)36(32,33)29-10-12-34-13-11-29/h2-9,14-15H,10-13H2,1H3,(H,27,31). The Labute approximate surface area is 217 Å². The molecule has 0 aliphatic carbocycles. The minimum atomic E-state index is -3.63. The zero-order valence-corrected chi connectivity index (χ0v) is 21.6. The van der Waals surface area contributed by atoms with E-state index in [1.807, 2.05) is 24.4 Å². The van der Waals surface area contributed by atoms with Gasteiger partial charge < -0.3 is 10.1 Å². The fourth-order valence-corrected chi connectivity index (χ4v) is 6.08. The van der Waals surface area contributed by atoms with E-state index >= 15 is 0 Å². The fraction of sp³-hybridized carbons (Fsp3) is 0.208. The van der Waals surface area contributed by atoms with Crippen molar-refractivity contribution in [2.75, 3.05) is 31.6 Å². The Balaban J connectivity index is 1.34. The number of thiazole rings is 1. The van der Waals surface area contributed by atoms with Gasteiger partial charge in [-0.2, -0.15) is 14.1 Å². The van der Waals surface area contributed by atoms with Gasteiger partial charge in [0.25, 0.3) is 5.91 Å². The number of sulfonamides is 1. The van der Waals surface area contributed by atoms with Gasteiger partial charge >= 0.3 is 0 Å². The first-order chi connectivity index (χ1) is 17.3. The third-order valence-corrected chi connectivity index (χ3v) is 8.59. The molecule has 4 aromatic rings. The molecule has 1 saturated heterocycles. The summed E-state index contributed by atoms with van der Waals surface area (Å²) in [7, 11) is -3.63. The lowest BCUT2D eigenvalue weighted by molar-refractivity contribution is 0.0730. The van der Waals surface area contributed by atoms with E-state index in [4.69, 9.17) is 16.3 Å². The van der Waals surface area contributed by atoms with Crippen LogP contribution in [-0.4, -0.2) is 59.7 Å². The molecule has 0 spiro atoms. The van der Waals surface area contributed by atoms with Crippen molar-refractivity contribution in [3.8, 4) is 16.4 Å². The summed E-state index contributed by atoms with van der Waals surface area (Å²) in [6.07, 6.45) is 0. The minimum absolute atomic E-state index is 0.138. The molecule has 5 rings (SSSR count). The third-order valence-electron chi connectivity index (χ3n) is 5.61. The topological polar surface area (TPSA) is 106 Å². The molecule has 0 atom stereocenters. The molecule has 36 heavy (non-hydrogen) atoms. The van der Waals surface area contributed by atoms with Crippen LogP contribution in [0.5, 0.6) is 0 Å². The Morgan fingerprint density at radius 1 is 1.08 bits per heavy atom. The van der Waals surface area contributed by atoms with E-state index < -0.39 is 10.0 Å². The van der Waals surface area contributed by atoms with Crippen LogP contribution in [0.25, 0.3) is 16.4 Å². The second-order valence-electron chi connectivity index (χ2n) is 8.10. The van der Waals surface area contributed by atoms with E-state index in [-0.39, 0.29) is 10.8 Å². The largest absolute Gasteiger partial charge is 0.379 e. The molecule has 2 aromatic heterocycles. The first kappa shape index (κ1) is 24.6. The first-order valence-electron chi connectivity index (χ1n) is 11.1. The molecule has 1 aliphatic heterocycles. The van der Waals surface area contributed by atoms with E-state index in [0.717, 1.165) is 11.3 Å². The van der Waals surface area contributed by atoms with E-state index in [1.54, 1.807) is 22.9 Å². The van der Waals surface area contributed by atoms with Crippen molar-refractivity contribution in [1.82, 2.24) is 19.1 Å². The number of aromatic nitrogens is 3. The summed E-state index contributed by atoms with van der Waals surface area (Å²) in [6.45, 7) is 3.18. The molecule has 12 heteroatoms. The number of hydrogen-bond donors (Lipinski definition) is 1. The van der Waals surface area contributed by atoms with Gasteiger partial charge in [0.15, 0.2) is 0 Å². The molecule has 1 aliphatic rings. The van der Waals surface area contributed by atoms with E-state index in [0.29, 0.717) is 53.5 Å². The summed E-state index contributed by atoms with van der Waals surface area (Å²) < 4.78 is 33.9. The van der Waals surface area contributed by atoms with Crippen LogP contribution in [0.1, 0.15) is 16.1 Å². The van der Waals surface area contributed by atoms with Gasteiger partial charge in [0, 0.05) is 40.7 Å². The van der Waals surface area contributed by atoms with E-state index in [9.17, 15) is 13.2 Å². The van der Waals surface area contributed by atoms with Crippen LogP contribution in [0.2, 0.25) is 5.02 Å². The number of aryl methyl sites for hydroxylation is 1. The van der Waals surface area contributed by atoms with Crippen LogP contribution in [-0.2, 0) is 14.8 Å². The summed E-state index contributed by atoms with van der Waals surface area (Å²) in [5, 5.41) is 10.5. The van der Waals surface area contributed by atoms with Crippen LogP contribution in [0, 0.1) is 6.92 Å². The Hall–Kier alpha value is -3.09. The number of ether oxygens (including phenoxy) is 1. The molecule has 9 nitrogen and oxygen atoms in total. The predicted octanol–water partition coefficient (Wildman–Crippen LogP) is 4.23. The highest BCUT2D eigenvalue weighted by atomic mass is 35.5. The van der Waals surface area contributed by atoms with Gasteiger partial charge in [0.05, 0.1) is 29.5 Å². The number of nitrogens with one attached hydrogen (secondary N) is 1. The number of benzene rings is 2. The molecule has 0 unspecified atom stereocenters. The maximum absolute atomic E-state index is 13.0. The molecule has 186 valence electrons. The number of morpholine rings is 1. The quantitative estimate of drug-likeness (QED) is 0.390. The number of hydrogen-bond acceptors (Lipinski definition) is 7. The van der Waals surface area contributed by atoms with Crippen LogP contribution >= 0.6 is 22.9 Å². The highest BCUT2D eigenvalue weighted by Gasteiger charge is 2.26. The molecule has 2 aromatic carbocycles. The zero-order valence-electron chi connectivity index (χ0n) is 19.2. The van der Waals surface area contributed by atoms with Gasteiger partial charge in [-0.25, -0.2) is 13.4 Å². The van der Waals surface area contributed by atoms with Gasteiger partial charge in [-0.1, -0.05) is 23.7 Å². The van der Waals surface area contributed by atoms with Crippen LogP contribution < -0.4 is 5.32 Å². The van der Waals surface area contributed by atoms with Gasteiger partial charge in [-0.3, -0.25) is 4.79 Å². The van der Waals surface area contributed by atoms with Crippen molar-refractivity contribution < 1.29 is 17.9 Å². The Kier molecular flexibility index (Phi) is 6.91. The number of nitrogens with zero attached hydrogens (tertiary/aromatic N) is 4. The minimum Gasteiger partial charge on any atom is -0.379 e. The van der Waals surface area contributed by atoms with Gasteiger partial charge in [0.2, 0.25) is 15.2 Å². The lowest BCUT2D eigenvalue weighted by atomic mass is 10.2. The molecule has 1 N–H and O–H groups in total. The summed E-state index contributed by atoms with van der Waals surface area (Å²) in [5.41, 5.74) is 2.72. The normalized spacial score (nSPS) is 14.6. The third kappa shape index (κ3) is 5.06. The first-order valence-corrected chi connectivity index (χ1v) is 13.8. The number of halogens is 1. The molecule has 3 heterocycles. The SMILES string of the molecule is Cc1cc(NC(=O)c2ccc(S(=O)(=O)N3CCOCC3)cc2)n(-c2nc(-c3ccc(Cl)cc3)cs2)n1. The number of anilines is 1. The number of carbonyl (C=O) groups excluding carboxylic acids is 1. The summed E-state index contributed by atoms with van der Waals surface area (Å²) >= 11 is 7.38. The highest BCUT2D eigenvalue weighted by Crippen LogP contribution is 2.27. The molecule has 1 fully saturated rings. The maximum atomic E-state index is 13.0. The molecular formula is C24H22ClN5O4S2. The Bertz CT molecular complexity index is 1490. The van der Waals surface area contributed by atoms with Crippen molar-refractivity contribution in [3.63, 3.8) is 0 Å². The van der Waals surface area contributed by atoms with Crippen molar-refractivity contribution in [2.45, 2.75) is 11.8 Å². The van der Waals surface area contributed by atoms with Crippen molar-refractivity contribution in [1.29, 1.82) is 0 Å². The predicted molar refractivity (Wildman–Crippen MR) is 138 cm³/mol. The number of rotatable bonds is 6. The van der Waals surface area contributed by atoms with Gasteiger partial charge in [-0.05, 0) is 43.3 Å². The van der Waals surface area contributed by atoms with E-state index in [2.05, 4.69) is 15.4 Å². The summed E-state index contributed by atoms with van der Waals surface area (Å²) in [6, 6.07) is 15.0. The van der Waals surface area contributed by atoms with Gasteiger partial charge in [-0.15, -0.1) is 11.3 Å². The number of carbonyl (C=O) groups is 1. The van der Waals surface area contributed by atoms with Gasteiger partial charge in [0.1, 0.15) is 5.82 Å². The second-order valence-corrected chi connectivity index (χ2v) is 11.3. The van der Waals surface area contributed by atoms with Crippen molar-refractivity contribution >= 4 is 44.7 Å². The Morgan fingerprint density at radius 2 is 1.78 bits per heavy atom. The maximum Gasteiger partial charge on any atom is 0.256 e. The lowest BCUT2D eigenvalue weighted by Gasteiger charge is -2.26. The molecular weight excluding hydrogens is 522 g/mol. The molecule has 0 saturated carbocycles. The average Bonchev–Trinajstić information content (AvgIpc) is 3.51. The fourth-order valence-electron chi connectivity index (χ4n) is 3.75. The monoisotopic (exact) mass is 543 g/mol. The summed E-state index contributed by atoms with van der Waals surface area (Å²) in [5.74, 6) is 0.0699. The van der Waals surface area contributed by atoms with Crippen LogP contribution in [0.4, 0.5) is 5.82 Å². The van der Waals surface area contributed by atoms with Crippen LogP contribution in [0.15, 0.2) is 64.9 Å². The molecule has 0 radical (unpaired) electrons. The average molecular weight is 544 g/mol. The Morgan fingerprint density at radius 3 is 2.47 bits per heavy atom. The zero-order chi connectivity index (χ0) is 25.3.